The highest BCUT2D eigenvalue weighted by molar-refractivity contribution is 5.84. The first-order valence-electron chi connectivity index (χ1n) is 7.44. The predicted molar refractivity (Wildman–Crippen MR) is 87.4 cm³/mol. The van der Waals surface area contributed by atoms with E-state index in [1.807, 2.05) is 68.4 Å². The average molecular weight is 293 g/mol. The smallest absolute Gasteiger partial charge is 0.245 e. The van der Waals surface area contributed by atoms with Crippen molar-refractivity contribution >= 4 is 16.8 Å². The Kier molecular flexibility index (Phi) is 3.92. The van der Waals surface area contributed by atoms with Gasteiger partial charge in [0.2, 0.25) is 5.91 Å². The van der Waals surface area contributed by atoms with Crippen LogP contribution in [-0.2, 0) is 4.79 Å². The van der Waals surface area contributed by atoms with Crippen LogP contribution < -0.4 is 5.32 Å². The van der Waals surface area contributed by atoms with E-state index in [0.29, 0.717) is 0 Å². The lowest BCUT2D eigenvalue weighted by Crippen LogP contribution is -2.33. The van der Waals surface area contributed by atoms with Gasteiger partial charge in [0.1, 0.15) is 6.04 Å². The van der Waals surface area contributed by atoms with Gasteiger partial charge in [-0.25, -0.2) is 0 Å². The summed E-state index contributed by atoms with van der Waals surface area (Å²) in [6.45, 7) is 3.85. The topological polar surface area (TPSA) is 46.9 Å². The molecule has 3 aromatic rings. The lowest BCUT2D eigenvalue weighted by Gasteiger charge is -2.18. The molecule has 3 rings (SSSR count). The van der Waals surface area contributed by atoms with Crippen LogP contribution in [0.4, 0.5) is 0 Å². The first-order valence-corrected chi connectivity index (χ1v) is 7.44. The van der Waals surface area contributed by atoms with Crippen molar-refractivity contribution < 1.29 is 4.79 Å². The zero-order chi connectivity index (χ0) is 15.5. The number of nitrogens with one attached hydrogen (secondary N) is 1. The number of benzene rings is 2. The SMILES string of the molecule is CC(NC(=O)C(C)n1ncc2ccccc21)c1ccccc1. The van der Waals surface area contributed by atoms with E-state index in [1.165, 1.54) is 0 Å². The summed E-state index contributed by atoms with van der Waals surface area (Å²) < 4.78 is 1.77. The van der Waals surface area contributed by atoms with Crippen molar-refractivity contribution in [2.24, 2.45) is 0 Å². The molecular weight excluding hydrogens is 274 g/mol. The molecule has 0 aliphatic heterocycles. The number of carbonyl (C=O) groups excluding carboxylic acids is 1. The summed E-state index contributed by atoms with van der Waals surface area (Å²) >= 11 is 0. The van der Waals surface area contributed by atoms with Crippen molar-refractivity contribution in [1.82, 2.24) is 15.1 Å². The Morgan fingerprint density at radius 3 is 2.50 bits per heavy atom. The molecule has 0 saturated carbocycles. The van der Waals surface area contributed by atoms with E-state index >= 15 is 0 Å². The van der Waals surface area contributed by atoms with E-state index in [1.54, 1.807) is 10.9 Å². The van der Waals surface area contributed by atoms with Crippen molar-refractivity contribution in [2.45, 2.75) is 25.9 Å². The molecule has 4 nitrogen and oxygen atoms in total. The van der Waals surface area contributed by atoms with Crippen LogP contribution in [0.1, 0.15) is 31.5 Å². The van der Waals surface area contributed by atoms with Crippen molar-refractivity contribution in [3.05, 3.63) is 66.4 Å². The Morgan fingerprint density at radius 1 is 1.05 bits per heavy atom. The van der Waals surface area contributed by atoms with E-state index in [4.69, 9.17) is 0 Å². The van der Waals surface area contributed by atoms with E-state index in [2.05, 4.69) is 10.4 Å². The summed E-state index contributed by atoms with van der Waals surface area (Å²) in [4.78, 5) is 12.5. The lowest BCUT2D eigenvalue weighted by atomic mass is 10.1. The fourth-order valence-electron chi connectivity index (χ4n) is 2.57. The van der Waals surface area contributed by atoms with Crippen molar-refractivity contribution in [2.75, 3.05) is 0 Å². The van der Waals surface area contributed by atoms with Gasteiger partial charge in [-0.3, -0.25) is 9.48 Å². The molecule has 0 aliphatic rings. The van der Waals surface area contributed by atoms with E-state index in [-0.39, 0.29) is 18.0 Å². The summed E-state index contributed by atoms with van der Waals surface area (Å²) in [5.74, 6) is -0.0368. The van der Waals surface area contributed by atoms with Gasteiger partial charge in [0, 0.05) is 5.39 Å². The lowest BCUT2D eigenvalue weighted by molar-refractivity contribution is -0.124. The number of nitrogens with zero attached hydrogens (tertiary/aromatic N) is 2. The molecule has 0 aliphatic carbocycles. The molecule has 2 unspecified atom stereocenters. The van der Waals surface area contributed by atoms with Gasteiger partial charge in [-0.1, -0.05) is 48.5 Å². The third-order valence-corrected chi connectivity index (χ3v) is 3.91. The second-order valence-electron chi connectivity index (χ2n) is 5.46. The Morgan fingerprint density at radius 2 is 1.73 bits per heavy atom. The number of hydrogen-bond acceptors (Lipinski definition) is 2. The molecule has 1 aromatic heterocycles. The molecule has 0 radical (unpaired) electrons. The maximum absolute atomic E-state index is 12.5. The van der Waals surface area contributed by atoms with Crippen LogP contribution in [0.15, 0.2) is 60.8 Å². The molecule has 1 amide bonds. The van der Waals surface area contributed by atoms with Gasteiger partial charge in [0.25, 0.3) is 0 Å². The average Bonchev–Trinajstić information content (AvgIpc) is 2.99. The Bertz CT molecular complexity index is 779. The van der Waals surface area contributed by atoms with Crippen LogP contribution in [0.2, 0.25) is 0 Å². The highest BCUT2D eigenvalue weighted by Gasteiger charge is 2.19. The summed E-state index contributed by atoms with van der Waals surface area (Å²) in [5, 5.41) is 8.44. The molecule has 2 atom stereocenters. The molecule has 4 heteroatoms. The minimum Gasteiger partial charge on any atom is -0.348 e. The molecule has 1 heterocycles. The summed E-state index contributed by atoms with van der Waals surface area (Å²) in [6, 6.07) is 17.5. The third kappa shape index (κ3) is 2.72. The molecule has 112 valence electrons. The summed E-state index contributed by atoms with van der Waals surface area (Å²) in [7, 11) is 0. The fraction of sp³-hybridized carbons (Fsp3) is 0.222. The molecule has 2 aromatic carbocycles. The fourth-order valence-corrected chi connectivity index (χ4v) is 2.57. The van der Waals surface area contributed by atoms with Gasteiger partial charge < -0.3 is 5.32 Å². The second kappa shape index (κ2) is 6.02. The number of rotatable bonds is 4. The van der Waals surface area contributed by atoms with E-state index < -0.39 is 0 Å². The van der Waals surface area contributed by atoms with Crippen molar-refractivity contribution in [3.8, 4) is 0 Å². The molecule has 22 heavy (non-hydrogen) atoms. The standard InChI is InChI=1S/C18H19N3O/c1-13(15-8-4-3-5-9-15)20-18(22)14(2)21-17-11-7-6-10-16(17)12-19-21/h3-14H,1-2H3,(H,20,22). The van der Waals surface area contributed by atoms with Gasteiger partial charge >= 0.3 is 0 Å². The quantitative estimate of drug-likeness (QED) is 0.800. The number of hydrogen-bond donors (Lipinski definition) is 1. The number of aromatic nitrogens is 2. The zero-order valence-electron chi connectivity index (χ0n) is 12.7. The molecular formula is C18H19N3O. The van der Waals surface area contributed by atoms with Crippen molar-refractivity contribution in [1.29, 1.82) is 0 Å². The minimum absolute atomic E-state index is 0.0297. The van der Waals surface area contributed by atoms with Crippen LogP contribution >= 0.6 is 0 Å². The number of fused-ring (bicyclic) bond motifs is 1. The van der Waals surface area contributed by atoms with Crippen LogP contribution in [-0.4, -0.2) is 15.7 Å². The van der Waals surface area contributed by atoms with E-state index in [9.17, 15) is 4.79 Å². The highest BCUT2D eigenvalue weighted by atomic mass is 16.2. The predicted octanol–water partition coefficient (Wildman–Crippen LogP) is 3.47. The zero-order valence-corrected chi connectivity index (χ0v) is 12.7. The van der Waals surface area contributed by atoms with Gasteiger partial charge in [0.05, 0.1) is 17.8 Å². The third-order valence-electron chi connectivity index (χ3n) is 3.91. The molecule has 0 saturated heterocycles. The van der Waals surface area contributed by atoms with Crippen LogP contribution in [0.25, 0.3) is 10.9 Å². The van der Waals surface area contributed by atoms with Gasteiger partial charge in [0.15, 0.2) is 0 Å². The number of carbonyl (C=O) groups is 1. The first kappa shape index (κ1) is 14.3. The minimum atomic E-state index is -0.355. The molecule has 1 N–H and O–H groups in total. The second-order valence-corrected chi connectivity index (χ2v) is 5.46. The number of para-hydroxylation sites is 1. The maximum Gasteiger partial charge on any atom is 0.245 e. The van der Waals surface area contributed by atoms with Crippen LogP contribution in [0.3, 0.4) is 0 Å². The molecule has 0 spiro atoms. The van der Waals surface area contributed by atoms with Gasteiger partial charge in [-0.05, 0) is 25.5 Å². The summed E-state index contributed by atoms with van der Waals surface area (Å²) in [5.41, 5.74) is 2.06. The maximum atomic E-state index is 12.5. The Labute approximate surface area is 129 Å². The first-order chi connectivity index (χ1) is 10.7. The van der Waals surface area contributed by atoms with Gasteiger partial charge in [-0.2, -0.15) is 5.10 Å². The Hall–Kier alpha value is -2.62. The largest absolute Gasteiger partial charge is 0.348 e. The van der Waals surface area contributed by atoms with Crippen LogP contribution in [0.5, 0.6) is 0 Å². The van der Waals surface area contributed by atoms with Crippen LogP contribution in [0, 0.1) is 0 Å². The molecule has 0 fully saturated rings. The summed E-state index contributed by atoms with van der Waals surface area (Å²) in [6.07, 6.45) is 1.79. The Balaban J connectivity index is 1.77. The van der Waals surface area contributed by atoms with Crippen molar-refractivity contribution in [3.63, 3.8) is 0 Å². The van der Waals surface area contributed by atoms with Gasteiger partial charge in [-0.15, -0.1) is 0 Å². The monoisotopic (exact) mass is 293 g/mol. The normalized spacial score (nSPS) is 13.7. The molecule has 0 bridgehead atoms. The van der Waals surface area contributed by atoms with E-state index in [0.717, 1.165) is 16.5 Å². The number of amides is 1. The highest BCUT2D eigenvalue weighted by Crippen LogP contribution is 2.19.